The average molecular weight is 429 g/mol. The molecule has 0 aromatic rings. The molecule has 0 amide bonds. The molecule has 0 spiro atoms. The minimum absolute atomic E-state index is 0.0455. The number of hydrogen-bond acceptors (Lipinski definition) is 7. The van der Waals surface area contributed by atoms with Crippen LogP contribution in [0.1, 0.15) is 13.8 Å². The summed E-state index contributed by atoms with van der Waals surface area (Å²) >= 11 is 0. The average Bonchev–Trinajstić information content (AvgIpc) is 2.91. The molecule has 0 unspecified atom stereocenters. The van der Waals surface area contributed by atoms with Crippen molar-refractivity contribution in [3.8, 4) is 0 Å². The number of esters is 2. The van der Waals surface area contributed by atoms with Crippen LogP contribution in [0.2, 0.25) is 45.3 Å². The molecular weight excluding hydrogens is 396 g/mol. The lowest BCUT2D eigenvalue weighted by Gasteiger charge is -2.42. The number of ketones is 1. The van der Waals surface area contributed by atoms with E-state index in [9.17, 15) is 14.4 Å². The Morgan fingerprint density at radius 1 is 1.11 bits per heavy atom. The van der Waals surface area contributed by atoms with Gasteiger partial charge in [-0.05, 0) is 45.6 Å². The van der Waals surface area contributed by atoms with Crippen molar-refractivity contribution in [2.24, 2.45) is 5.41 Å². The predicted molar refractivity (Wildman–Crippen MR) is 109 cm³/mol. The molecule has 0 N–H and O–H groups in total. The quantitative estimate of drug-likeness (QED) is 0.350. The van der Waals surface area contributed by atoms with Crippen LogP contribution in [0.15, 0.2) is 11.6 Å². The highest BCUT2D eigenvalue weighted by Gasteiger charge is 2.79. The third kappa shape index (κ3) is 3.65. The second kappa shape index (κ2) is 6.89. The summed E-state index contributed by atoms with van der Waals surface area (Å²) in [5.74, 6) is -3.72. The van der Waals surface area contributed by atoms with Crippen LogP contribution in [0.3, 0.4) is 0 Å². The first kappa shape index (κ1) is 23.0. The number of carbonyl (C=O) groups excluding carboxylic acids is 3. The molecule has 2 heterocycles. The molecule has 28 heavy (non-hydrogen) atoms. The third-order valence-electron chi connectivity index (χ3n) is 5.04. The molecule has 2 aliphatic rings. The summed E-state index contributed by atoms with van der Waals surface area (Å²) in [5, 5.41) is 0. The molecule has 2 bridgehead atoms. The predicted octanol–water partition coefficient (Wildman–Crippen LogP) is 2.89. The van der Waals surface area contributed by atoms with Crippen molar-refractivity contribution in [3.05, 3.63) is 11.6 Å². The Morgan fingerprint density at radius 2 is 1.68 bits per heavy atom. The van der Waals surface area contributed by atoms with Crippen LogP contribution in [0.4, 0.5) is 0 Å². The zero-order valence-corrected chi connectivity index (χ0v) is 20.3. The summed E-state index contributed by atoms with van der Waals surface area (Å²) < 4.78 is 22.7. The fraction of sp³-hybridized carbons (Fsp3) is 0.737. The van der Waals surface area contributed by atoms with Crippen molar-refractivity contribution in [1.29, 1.82) is 0 Å². The smallest absolute Gasteiger partial charge is 0.339 e. The van der Waals surface area contributed by atoms with Crippen molar-refractivity contribution in [2.75, 3.05) is 13.7 Å². The highest BCUT2D eigenvalue weighted by molar-refractivity contribution is 6.76. The van der Waals surface area contributed by atoms with E-state index < -0.39 is 50.9 Å². The maximum absolute atomic E-state index is 13.3. The normalized spacial score (nSPS) is 32.3. The molecule has 0 aromatic heterocycles. The van der Waals surface area contributed by atoms with Gasteiger partial charge in [-0.15, -0.1) is 0 Å². The van der Waals surface area contributed by atoms with Crippen LogP contribution in [-0.2, 0) is 33.0 Å². The van der Waals surface area contributed by atoms with Gasteiger partial charge in [0.1, 0.15) is 5.60 Å². The van der Waals surface area contributed by atoms with E-state index in [4.69, 9.17) is 18.6 Å². The summed E-state index contributed by atoms with van der Waals surface area (Å²) in [6.45, 7) is 15.4. The van der Waals surface area contributed by atoms with Gasteiger partial charge in [-0.25, -0.2) is 4.79 Å². The van der Waals surface area contributed by atoms with Crippen LogP contribution < -0.4 is 0 Å². The largest absolute Gasteiger partial charge is 0.466 e. The second-order valence-corrected chi connectivity index (χ2v) is 20.0. The summed E-state index contributed by atoms with van der Waals surface area (Å²) in [7, 11) is -2.57. The second-order valence-electron chi connectivity index (χ2n) is 9.99. The number of ether oxygens (including phenoxy) is 3. The van der Waals surface area contributed by atoms with Gasteiger partial charge in [0.05, 0.1) is 19.3 Å². The van der Waals surface area contributed by atoms with Gasteiger partial charge >= 0.3 is 11.9 Å². The third-order valence-corrected chi connectivity index (χ3v) is 7.65. The standard InChI is InChI=1S/C19H32O7Si2/c1-17-12-13(14(20)23-3)19(25-17,26-28(7,8)9)18(2,15(17)21)16(22)24-10-11-27(4,5)6/h12H,10-11H2,1-9H3/t17-,18+,19-/m0/s1. The van der Waals surface area contributed by atoms with Crippen LogP contribution in [0.25, 0.3) is 0 Å². The Labute approximate surface area is 168 Å². The Hall–Kier alpha value is -1.30. The van der Waals surface area contributed by atoms with Crippen molar-refractivity contribution in [2.45, 2.75) is 70.6 Å². The molecular formula is C19H32O7Si2. The van der Waals surface area contributed by atoms with Crippen molar-refractivity contribution in [3.63, 3.8) is 0 Å². The lowest BCUT2D eigenvalue weighted by Crippen LogP contribution is -2.60. The molecule has 9 heteroatoms. The lowest BCUT2D eigenvalue weighted by molar-refractivity contribution is -0.209. The molecule has 158 valence electrons. The van der Waals surface area contributed by atoms with Gasteiger partial charge in [-0.3, -0.25) is 9.59 Å². The molecule has 2 rings (SSSR count). The Kier molecular flexibility index (Phi) is 5.66. The maximum atomic E-state index is 13.3. The molecule has 0 radical (unpaired) electrons. The molecule has 0 saturated carbocycles. The van der Waals surface area contributed by atoms with E-state index >= 15 is 0 Å². The monoisotopic (exact) mass is 428 g/mol. The molecule has 0 aliphatic carbocycles. The molecule has 7 nitrogen and oxygen atoms in total. The first-order chi connectivity index (χ1) is 12.5. The molecule has 0 aromatic carbocycles. The van der Waals surface area contributed by atoms with E-state index in [0.717, 1.165) is 6.04 Å². The van der Waals surface area contributed by atoms with Crippen LogP contribution in [-0.4, -0.2) is 59.2 Å². The zero-order chi connectivity index (χ0) is 21.8. The van der Waals surface area contributed by atoms with E-state index in [1.54, 1.807) is 0 Å². The first-order valence-corrected chi connectivity index (χ1v) is 16.6. The molecule has 1 fully saturated rings. The summed E-state index contributed by atoms with van der Waals surface area (Å²) in [6.07, 6.45) is 1.42. The van der Waals surface area contributed by atoms with Gasteiger partial charge in [0.2, 0.25) is 5.79 Å². The highest BCUT2D eigenvalue weighted by Crippen LogP contribution is 2.60. The van der Waals surface area contributed by atoms with E-state index in [1.807, 2.05) is 19.6 Å². The summed E-state index contributed by atoms with van der Waals surface area (Å²) in [4.78, 5) is 39.0. The van der Waals surface area contributed by atoms with Crippen molar-refractivity contribution in [1.82, 2.24) is 0 Å². The van der Waals surface area contributed by atoms with Gasteiger partial charge in [0, 0.05) is 8.07 Å². The van der Waals surface area contributed by atoms with Crippen molar-refractivity contribution >= 4 is 34.1 Å². The van der Waals surface area contributed by atoms with Gasteiger partial charge in [0.25, 0.3) is 0 Å². The van der Waals surface area contributed by atoms with Gasteiger partial charge in [-0.1, -0.05) is 19.6 Å². The lowest BCUT2D eigenvalue weighted by atomic mass is 9.68. The highest BCUT2D eigenvalue weighted by atomic mass is 28.4. The van der Waals surface area contributed by atoms with Gasteiger partial charge < -0.3 is 18.6 Å². The molecule has 2 aliphatic heterocycles. The van der Waals surface area contributed by atoms with Crippen LogP contribution >= 0.6 is 0 Å². The first-order valence-electron chi connectivity index (χ1n) is 9.46. The van der Waals surface area contributed by atoms with E-state index in [-0.39, 0.29) is 12.2 Å². The van der Waals surface area contributed by atoms with Gasteiger partial charge in [-0.2, -0.15) is 0 Å². The zero-order valence-electron chi connectivity index (χ0n) is 18.3. The topological polar surface area (TPSA) is 88.1 Å². The maximum Gasteiger partial charge on any atom is 0.339 e. The van der Waals surface area contributed by atoms with Crippen LogP contribution in [0.5, 0.6) is 0 Å². The number of methoxy groups -OCH3 is 1. The Morgan fingerprint density at radius 3 is 2.14 bits per heavy atom. The minimum Gasteiger partial charge on any atom is -0.466 e. The molecule has 1 saturated heterocycles. The fourth-order valence-electron chi connectivity index (χ4n) is 3.62. The number of carbonyl (C=O) groups is 3. The fourth-order valence-corrected chi connectivity index (χ4v) is 5.55. The number of Topliss-reactive ketones (excluding diaryl/α,β-unsaturated/α-hetero) is 1. The van der Waals surface area contributed by atoms with E-state index in [0.29, 0.717) is 0 Å². The number of fused-ring (bicyclic) bond motifs is 2. The summed E-state index contributed by atoms with van der Waals surface area (Å²) in [6, 6.07) is 0.767. The number of hydrogen-bond donors (Lipinski definition) is 0. The van der Waals surface area contributed by atoms with E-state index in [2.05, 4.69) is 19.6 Å². The Bertz CT molecular complexity index is 734. The SMILES string of the molecule is COC(=O)C1=C[C@]2(C)O[C@@]1(O[Si](C)(C)C)[C@@](C)(C(=O)OCC[Si](C)(C)C)C2=O. The van der Waals surface area contributed by atoms with Crippen LogP contribution in [0, 0.1) is 5.41 Å². The summed E-state index contributed by atoms with van der Waals surface area (Å²) in [5.41, 5.74) is -3.20. The van der Waals surface area contributed by atoms with E-state index in [1.165, 1.54) is 27.0 Å². The minimum atomic E-state index is -2.37. The number of rotatable bonds is 7. The van der Waals surface area contributed by atoms with Crippen molar-refractivity contribution < 1.29 is 33.0 Å². The van der Waals surface area contributed by atoms with Gasteiger partial charge in [0.15, 0.2) is 19.5 Å². The Balaban J connectivity index is 2.52. The molecule has 3 atom stereocenters.